The summed E-state index contributed by atoms with van der Waals surface area (Å²) < 4.78 is 26.3. The summed E-state index contributed by atoms with van der Waals surface area (Å²) in [6, 6.07) is 5.96. The van der Waals surface area contributed by atoms with Gasteiger partial charge in [0.15, 0.2) is 0 Å². The lowest BCUT2D eigenvalue weighted by Gasteiger charge is -2.23. The molecule has 1 rings (SSSR count). The second kappa shape index (κ2) is 7.56. The highest BCUT2D eigenvalue weighted by molar-refractivity contribution is 7.88. The van der Waals surface area contributed by atoms with Crippen LogP contribution in [0.2, 0.25) is 0 Å². The molecule has 1 N–H and O–H groups in total. The van der Waals surface area contributed by atoms with Gasteiger partial charge in [0.05, 0.1) is 11.3 Å². The van der Waals surface area contributed by atoms with E-state index in [1.54, 1.807) is 12.1 Å². The van der Waals surface area contributed by atoms with E-state index < -0.39 is 16.0 Å². The number of rotatable bonds is 8. The first-order valence-electron chi connectivity index (χ1n) is 7.10. The van der Waals surface area contributed by atoms with Crippen LogP contribution in [-0.2, 0) is 15.8 Å². The largest absolute Gasteiger partial charge is 0.478 e. The maximum atomic E-state index is 12.4. The normalized spacial score (nSPS) is 13.3. The lowest BCUT2D eigenvalue weighted by Crippen LogP contribution is -2.35. The number of carboxylic acid groups (broad SMARTS) is 1. The molecule has 6 heteroatoms. The van der Waals surface area contributed by atoms with Crippen LogP contribution in [0.3, 0.4) is 0 Å². The van der Waals surface area contributed by atoms with Gasteiger partial charge in [0.2, 0.25) is 10.0 Å². The molecule has 0 saturated heterocycles. The monoisotopic (exact) mass is 313 g/mol. The number of hydrogen-bond donors (Lipinski definition) is 1. The molecule has 0 aliphatic heterocycles. The van der Waals surface area contributed by atoms with Crippen molar-refractivity contribution in [3.63, 3.8) is 0 Å². The lowest BCUT2D eigenvalue weighted by atomic mass is 10.1. The van der Waals surface area contributed by atoms with Crippen LogP contribution in [0, 0.1) is 5.92 Å². The second-order valence-corrected chi connectivity index (χ2v) is 7.19. The minimum atomic E-state index is -3.38. The molecule has 0 aliphatic carbocycles. The standard InChI is InChI=1S/C15H23NO4S/c1-4-12(3)10-16(5-2)21(19,20)11-13-6-8-14(9-7-13)15(17)18/h6-9,12H,4-5,10-11H2,1-3H3,(H,17,18). The Kier molecular flexibility index (Phi) is 6.36. The Labute approximate surface area is 126 Å². The van der Waals surface area contributed by atoms with Crippen molar-refractivity contribution in [2.75, 3.05) is 13.1 Å². The summed E-state index contributed by atoms with van der Waals surface area (Å²) in [7, 11) is -3.38. The van der Waals surface area contributed by atoms with E-state index in [4.69, 9.17) is 5.11 Å². The zero-order valence-electron chi connectivity index (χ0n) is 12.7. The summed E-state index contributed by atoms with van der Waals surface area (Å²) in [5.74, 6) is -0.803. The van der Waals surface area contributed by atoms with Crippen molar-refractivity contribution in [2.45, 2.75) is 32.9 Å². The van der Waals surface area contributed by atoms with Gasteiger partial charge >= 0.3 is 5.97 Å². The predicted molar refractivity (Wildman–Crippen MR) is 82.7 cm³/mol. The van der Waals surface area contributed by atoms with Crippen molar-refractivity contribution < 1.29 is 18.3 Å². The van der Waals surface area contributed by atoms with Crippen LogP contribution in [0.5, 0.6) is 0 Å². The molecule has 0 saturated carbocycles. The summed E-state index contributed by atoms with van der Waals surface area (Å²) in [6.45, 7) is 6.85. The van der Waals surface area contributed by atoms with Crippen molar-refractivity contribution in [1.29, 1.82) is 0 Å². The van der Waals surface area contributed by atoms with Crippen molar-refractivity contribution >= 4 is 16.0 Å². The first-order valence-corrected chi connectivity index (χ1v) is 8.71. The molecular formula is C15H23NO4S. The van der Waals surface area contributed by atoms with Gasteiger partial charge in [-0.05, 0) is 23.6 Å². The third-order valence-corrected chi connectivity index (χ3v) is 5.40. The van der Waals surface area contributed by atoms with E-state index in [9.17, 15) is 13.2 Å². The summed E-state index contributed by atoms with van der Waals surface area (Å²) in [5.41, 5.74) is 0.755. The van der Waals surface area contributed by atoms with Crippen LogP contribution >= 0.6 is 0 Å². The fourth-order valence-corrected chi connectivity index (χ4v) is 3.63. The Morgan fingerprint density at radius 3 is 2.24 bits per heavy atom. The average molecular weight is 313 g/mol. The maximum Gasteiger partial charge on any atom is 0.335 e. The second-order valence-electron chi connectivity index (χ2n) is 5.22. The highest BCUT2D eigenvalue weighted by Crippen LogP contribution is 2.15. The minimum absolute atomic E-state index is 0.100. The van der Waals surface area contributed by atoms with Crippen molar-refractivity contribution in [3.05, 3.63) is 35.4 Å². The average Bonchev–Trinajstić information content (AvgIpc) is 2.44. The summed E-state index contributed by atoms with van der Waals surface area (Å²) in [5, 5.41) is 8.83. The van der Waals surface area contributed by atoms with E-state index in [-0.39, 0.29) is 11.3 Å². The Morgan fingerprint density at radius 1 is 1.24 bits per heavy atom. The minimum Gasteiger partial charge on any atom is -0.478 e. The van der Waals surface area contributed by atoms with E-state index in [2.05, 4.69) is 0 Å². The van der Waals surface area contributed by atoms with Gasteiger partial charge in [-0.25, -0.2) is 17.5 Å². The molecule has 1 aromatic rings. The SMILES string of the molecule is CCC(C)CN(CC)S(=O)(=O)Cc1ccc(C(=O)O)cc1. The number of benzene rings is 1. The van der Waals surface area contributed by atoms with E-state index in [0.29, 0.717) is 24.6 Å². The Morgan fingerprint density at radius 2 is 1.81 bits per heavy atom. The van der Waals surface area contributed by atoms with E-state index in [0.717, 1.165) is 6.42 Å². The van der Waals surface area contributed by atoms with Gasteiger partial charge in [-0.15, -0.1) is 0 Å². The van der Waals surface area contributed by atoms with Gasteiger partial charge in [-0.3, -0.25) is 0 Å². The molecule has 0 aliphatic rings. The predicted octanol–water partition coefficient (Wildman–Crippen LogP) is 2.58. The van der Waals surface area contributed by atoms with Gasteiger partial charge in [0, 0.05) is 13.1 Å². The summed E-state index contributed by atoms with van der Waals surface area (Å²) >= 11 is 0. The zero-order valence-corrected chi connectivity index (χ0v) is 13.6. The smallest absolute Gasteiger partial charge is 0.335 e. The van der Waals surface area contributed by atoms with Crippen LogP contribution in [0.15, 0.2) is 24.3 Å². The van der Waals surface area contributed by atoms with Gasteiger partial charge < -0.3 is 5.11 Å². The van der Waals surface area contributed by atoms with E-state index >= 15 is 0 Å². The highest BCUT2D eigenvalue weighted by Gasteiger charge is 2.22. The zero-order chi connectivity index (χ0) is 16.0. The first-order chi connectivity index (χ1) is 9.80. The molecule has 1 aromatic carbocycles. The van der Waals surface area contributed by atoms with Gasteiger partial charge in [0.1, 0.15) is 0 Å². The summed E-state index contributed by atoms with van der Waals surface area (Å²) in [4.78, 5) is 10.8. The molecule has 0 bridgehead atoms. The summed E-state index contributed by atoms with van der Waals surface area (Å²) in [6.07, 6.45) is 0.930. The molecule has 21 heavy (non-hydrogen) atoms. The molecule has 0 aromatic heterocycles. The number of nitrogens with zero attached hydrogens (tertiary/aromatic N) is 1. The van der Waals surface area contributed by atoms with Crippen molar-refractivity contribution in [3.8, 4) is 0 Å². The number of aromatic carboxylic acids is 1. The molecule has 118 valence electrons. The number of carboxylic acids is 1. The van der Waals surface area contributed by atoms with E-state index in [1.807, 2.05) is 20.8 Å². The van der Waals surface area contributed by atoms with Crippen LogP contribution in [0.25, 0.3) is 0 Å². The fourth-order valence-electron chi connectivity index (χ4n) is 1.96. The Balaban J connectivity index is 2.85. The van der Waals surface area contributed by atoms with Gasteiger partial charge in [0.25, 0.3) is 0 Å². The molecule has 0 spiro atoms. The highest BCUT2D eigenvalue weighted by atomic mass is 32.2. The van der Waals surface area contributed by atoms with Crippen molar-refractivity contribution in [2.24, 2.45) is 5.92 Å². The molecule has 5 nitrogen and oxygen atoms in total. The topological polar surface area (TPSA) is 74.7 Å². The maximum absolute atomic E-state index is 12.4. The molecular weight excluding hydrogens is 290 g/mol. The quantitative estimate of drug-likeness (QED) is 0.800. The molecule has 1 unspecified atom stereocenters. The molecule has 0 heterocycles. The number of sulfonamides is 1. The first kappa shape index (κ1) is 17.7. The molecule has 1 atom stereocenters. The molecule has 0 radical (unpaired) electrons. The number of hydrogen-bond acceptors (Lipinski definition) is 3. The van der Waals surface area contributed by atoms with Crippen LogP contribution in [-0.4, -0.2) is 36.9 Å². The number of carbonyl (C=O) groups is 1. The third-order valence-electron chi connectivity index (χ3n) is 3.51. The fraction of sp³-hybridized carbons (Fsp3) is 0.533. The molecule has 0 fully saturated rings. The Hall–Kier alpha value is -1.40. The van der Waals surface area contributed by atoms with Crippen LogP contribution in [0.4, 0.5) is 0 Å². The van der Waals surface area contributed by atoms with Gasteiger partial charge in [-0.2, -0.15) is 0 Å². The third kappa shape index (κ3) is 5.13. The Bertz CT molecular complexity index is 566. The van der Waals surface area contributed by atoms with Crippen LogP contribution < -0.4 is 0 Å². The van der Waals surface area contributed by atoms with E-state index in [1.165, 1.54) is 16.4 Å². The van der Waals surface area contributed by atoms with Crippen LogP contribution in [0.1, 0.15) is 43.1 Å². The lowest BCUT2D eigenvalue weighted by molar-refractivity contribution is 0.0697. The van der Waals surface area contributed by atoms with Gasteiger partial charge in [-0.1, -0.05) is 39.3 Å². The van der Waals surface area contributed by atoms with Crippen molar-refractivity contribution in [1.82, 2.24) is 4.31 Å². The molecule has 0 amide bonds.